The van der Waals surface area contributed by atoms with Gasteiger partial charge in [-0.25, -0.2) is 19.2 Å². The molecule has 1 saturated heterocycles. The summed E-state index contributed by atoms with van der Waals surface area (Å²) in [6.45, 7) is 8.54. The van der Waals surface area contributed by atoms with Gasteiger partial charge in [-0.2, -0.15) is 0 Å². The van der Waals surface area contributed by atoms with Gasteiger partial charge >= 0.3 is 23.9 Å². The summed E-state index contributed by atoms with van der Waals surface area (Å²) in [6, 6.07) is 14.7. The number of rotatable bonds is 10. The van der Waals surface area contributed by atoms with E-state index in [9.17, 15) is 24.0 Å². The van der Waals surface area contributed by atoms with E-state index in [2.05, 4.69) is 58.1 Å². The van der Waals surface area contributed by atoms with Gasteiger partial charge in [0.05, 0.1) is 11.4 Å². The molecular weight excluding hydrogens is 590 g/mol. The first-order valence-electron chi connectivity index (χ1n) is 13.8. The highest BCUT2D eigenvalue weighted by atomic mass is 32.2. The Hall–Kier alpha value is -4.46. The number of nitrogens with zero attached hydrogens (tertiary/aromatic N) is 3. The molecule has 4 N–H and O–H groups in total. The summed E-state index contributed by atoms with van der Waals surface area (Å²) in [7, 11) is 2.20. The average molecular weight is 628 g/mol. The number of carbonyl (C=O) groups is 5. The van der Waals surface area contributed by atoms with Gasteiger partial charge in [-0.05, 0) is 57.6 Å². The molecule has 0 aromatic heterocycles. The number of para-hydroxylation sites is 1. The van der Waals surface area contributed by atoms with Crippen molar-refractivity contribution >= 4 is 52.8 Å². The molecule has 44 heavy (non-hydrogen) atoms. The van der Waals surface area contributed by atoms with Crippen LogP contribution >= 0.6 is 11.8 Å². The second kappa shape index (κ2) is 18.3. The highest BCUT2D eigenvalue weighted by Crippen LogP contribution is 2.48. The number of anilines is 2. The molecule has 0 saturated carbocycles. The van der Waals surface area contributed by atoms with Crippen molar-refractivity contribution in [2.45, 2.75) is 29.6 Å². The molecule has 12 nitrogen and oxygen atoms in total. The molecule has 0 unspecified atom stereocenters. The molecule has 13 heteroatoms. The van der Waals surface area contributed by atoms with Crippen molar-refractivity contribution in [3.63, 3.8) is 0 Å². The smallest absolute Gasteiger partial charge is 0.328 e. The third-order valence-corrected chi connectivity index (χ3v) is 7.60. The molecule has 2 aromatic rings. The molecule has 2 aliphatic rings. The Morgan fingerprint density at radius 3 is 1.73 bits per heavy atom. The van der Waals surface area contributed by atoms with Crippen molar-refractivity contribution < 1.29 is 44.4 Å². The maximum absolute atomic E-state index is 11.9. The lowest BCUT2D eigenvalue weighted by atomic mass is 10.1. The van der Waals surface area contributed by atoms with E-state index >= 15 is 0 Å². The highest BCUT2D eigenvalue weighted by Gasteiger charge is 2.24. The van der Waals surface area contributed by atoms with Crippen molar-refractivity contribution in [3.8, 4) is 0 Å². The minimum atomic E-state index is -1.26. The Morgan fingerprint density at radius 1 is 0.705 bits per heavy atom. The van der Waals surface area contributed by atoms with Crippen LogP contribution in [0.5, 0.6) is 0 Å². The van der Waals surface area contributed by atoms with Crippen molar-refractivity contribution in [1.82, 2.24) is 9.80 Å². The number of hydrogen-bond acceptors (Lipinski definition) is 9. The van der Waals surface area contributed by atoms with Gasteiger partial charge in [-0.15, -0.1) is 0 Å². The number of fused-ring (bicyclic) bond motifs is 2. The first-order valence-corrected chi connectivity index (χ1v) is 14.6. The fraction of sp³-hybridized carbons (Fsp3) is 0.323. The molecule has 0 aliphatic carbocycles. The highest BCUT2D eigenvalue weighted by molar-refractivity contribution is 7.99. The van der Waals surface area contributed by atoms with Crippen LogP contribution in [0.15, 0.2) is 76.6 Å². The third kappa shape index (κ3) is 12.8. The van der Waals surface area contributed by atoms with Crippen LogP contribution in [0.25, 0.3) is 0 Å². The number of ketones is 1. The zero-order chi connectivity index (χ0) is 32.6. The van der Waals surface area contributed by atoms with Crippen molar-refractivity contribution in [3.05, 3.63) is 72.3 Å². The van der Waals surface area contributed by atoms with Crippen LogP contribution in [0.1, 0.15) is 30.1 Å². The predicted octanol–water partition coefficient (Wildman–Crippen LogP) is 3.94. The molecule has 0 amide bonds. The van der Waals surface area contributed by atoms with Crippen LogP contribution in [0.3, 0.4) is 0 Å². The van der Waals surface area contributed by atoms with Crippen LogP contribution in [0, 0.1) is 0 Å². The second-order valence-corrected chi connectivity index (χ2v) is 10.9. The summed E-state index contributed by atoms with van der Waals surface area (Å²) < 4.78 is 0. The maximum atomic E-state index is 11.9. The lowest BCUT2D eigenvalue weighted by Crippen LogP contribution is -2.44. The fourth-order valence-electron chi connectivity index (χ4n) is 4.25. The van der Waals surface area contributed by atoms with Gasteiger partial charge in [-0.1, -0.05) is 30.0 Å². The number of carbonyl (C=O) groups excluding carboxylic acids is 1. The molecule has 4 rings (SSSR count). The Balaban J connectivity index is 0.000000349. The van der Waals surface area contributed by atoms with Crippen molar-refractivity contribution in [2.75, 3.05) is 51.2 Å². The number of Topliss-reactive ketones (excluding diaryl/α,β-unsaturated/α-hetero) is 1. The minimum absolute atomic E-state index is 0.127. The molecule has 236 valence electrons. The zero-order valence-corrected chi connectivity index (χ0v) is 25.4. The summed E-state index contributed by atoms with van der Waals surface area (Å²) in [4.78, 5) is 60.1. The molecule has 0 spiro atoms. The summed E-state index contributed by atoms with van der Waals surface area (Å²) >= 11 is 1.80. The predicted molar refractivity (Wildman–Crippen MR) is 166 cm³/mol. The topological polar surface area (TPSA) is 176 Å². The Labute approximate surface area is 259 Å². The van der Waals surface area contributed by atoms with E-state index in [1.807, 2.05) is 6.07 Å². The Kier molecular flexibility index (Phi) is 14.8. The first-order chi connectivity index (χ1) is 20.9. The van der Waals surface area contributed by atoms with Gasteiger partial charge in [0.15, 0.2) is 5.78 Å². The molecule has 2 heterocycles. The number of piperazine rings is 1. The normalized spacial score (nSPS) is 14.5. The van der Waals surface area contributed by atoms with Crippen molar-refractivity contribution in [2.24, 2.45) is 0 Å². The van der Waals surface area contributed by atoms with E-state index in [1.54, 1.807) is 18.7 Å². The second-order valence-electron chi connectivity index (χ2n) is 9.83. The van der Waals surface area contributed by atoms with Gasteiger partial charge in [0, 0.05) is 72.4 Å². The minimum Gasteiger partial charge on any atom is -0.478 e. The van der Waals surface area contributed by atoms with Crippen LogP contribution in [-0.4, -0.2) is 106 Å². The van der Waals surface area contributed by atoms with Crippen molar-refractivity contribution in [1.29, 1.82) is 0 Å². The summed E-state index contributed by atoms with van der Waals surface area (Å²) in [5.74, 6) is -4.90. The van der Waals surface area contributed by atoms with Crippen LogP contribution < -0.4 is 4.90 Å². The van der Waals surface area contributed by atoms with E-state index in [4.69, 9.17) is 20.4 Å². The number of carboxylic acid groups (broad SMARTS) is 4. The molecular formula is C31H37N3O9S. The van der Waals surface area contributed by atoms with E-state index in [-0.39, 0.29) is 5.78 Å². The molecule has 2 aliphatic heterocycles. The number of benzene rings is 2. The quantitative estimate of drug-likeness (QED) is 0.169. The number of unbranched alkanes of at least 4 members (excludes halogenated alkanes) is 1. The SMILES string of the molecule is CC(=O)c1ccc2c(c1)N(CCCCN1CCN(C)CC1)c1ccccc1S2.O=C(O)/C=C\C(=O)O.O=C(O)/C=C\C(=O)O. The van der Waals surface area contributed by atoms with Gasteiger partial charge in [-0.3, -0.25) is 4.79 Å². The van der Waals surface area contributed by atoms with E-state index in [0.717, 1.165) is 18.5 Å². The number of likely N-dealkylation sites (N-methyl/N-ethyl adjacent to an activating group) is 1. The summed E-state index contributed by atoms with van der Waals surface area (Å²) in [5.41, 5.74) is 3.23. The van der Waals surface area contributed by atoms with Crippen LogP contribution in [0.4, 0.5) is 11.4 Å². The standard InChI is InChI=1S/C23H29N3OS.2C4H4O4/c1-18(27)19-9-10-23-21(17-19)26(20-7-3-4-8-22(20)28-23)12-6-5-11-25-15-13-24(2)14-16-25;2*5-3(6)1-2-4(7)8/h3-4,7-10,17H,5-6,11-16H2,1-2H3;2*1-2H,(H,5,6)(H,7,8)/b;2*2-1-. The first kappa shape index (κ1) is 35.7. The summed E-state index contributed by atoms with van der Waals surface area (Å²) in [5, 5.41) is 31.2. The average Bonchev–Trinajstić information content (AvgIpc) is 2.98. The van der Waals surface area contributed by atoms with Crippen LogP contribution in [-0.2, 0) is 19.2 Å². The molecule has 1 fully saturated rings. The molecule has 0 radical (unpaired) electrons. The van der Waals surface area contributed by atoms with Gasteiger partial charge < -0.3 is 35.1 Å². The molecule has 2 aromatic carbocycles. The summed E-state index contributed by atoms with van der Waals surface area (Å²) in [6.07, 6.45) is 4.58. The number of carboxylic acids is 4. The van der Waals surface area contributed by atoms with Gasteiger partial charge in [0.2, 0.25) is 0 Å². The number of aliphatic carboxylic acids is 4. The maximum Gasteiger partial charge on any atom is 0.328 e. The lowest BCUT2D eigenvalue weighted by molar-refractivity contribution is -0.134. The molecule has 0 bridgehead atoms. The van der Waals surface area contributed by atoms with E-state index < -0.39 is 23.9 Å². The largest absolute Gasteiger partial charge is 0.478 e. The Morgan fingerprint density at radius 2 is 1.20 bits per heavy atom. The fourth-order valence-corrected chi connectivity index (χ4v) is 5.33. The van der Waals surface area contributed by atoms with E-state index in [1.165, 1.54) is 60.3 Å². The monoisotopic (exact) mass is 627 g/mol. The van der Waals surface area contributed by atoms with Crippen LogP contribution in [0.2, 0.25) is 0 Å². The van der Waals surface area contributed by atoms with E-state index in [0.29, 0.717) is 24.3 Å². The third-order valence-electron chi connectivity index (χ3n) is 6.47. The zero-order valence-electron chi connectivity index (χ0n) is 24.6. The number of hydrogen-bond donors (Lipinski definition) is 4. The Bertz CT molecular complexity index is 1320. The molecule has 0 atom stereocenters. The van der Waals surface area contributed by atoms with Gasteiger partial charge in [0.25, 0.3) is 0 Å². The van der Waals surface area contributed by atoms with Gasteiger partial charge in [0.1, 0.15) is 0 Å². The lowest BCUT2D eigenvalue weighted by Gasteiger charge is -2.34.